The highest BCUT2D eigenvalue weighted by atomic mass is 35.5. The van der Waals surface area contributed by atoms with Crippen molar-refractivity contribution in [1.82, 2.24) is 15.4 Å². The summed E-state index contributed by atoms with van der Waals surface area (Å²) in [6.07, 6.45) is 0. The summed E-state index contributed by atoms with van der Waals surface area (Å²) in [5.41, 5.74) is 3.56. The Labute approximate surface area is 120 Å². The van der Waals surface area contributed by atoms with E-state index in [0.717, 1.165) is 16.7 Å². The second kappa shape index (κ2) is 5.16. The highest BCUT2D eigenvalue weighted by Gasteiger charge is 2.11. The van der Waals surface area contributed by atoms with Crippen molar-refractivity contribution in [1.29, 1.82) is 5.26 Å². The lowest BCUT2D eigenvalue weighted by atomic mass is 10.0. The minimum absolute atomic E-state index is 0.279. The Morgan fingerprint density at radius 2 is 1.80 bits per heavy atom. The van der Waals surface area contributed by atoms with Gasteiger partial charge in [-0.3, -0.25) is 0 Å². The molecule has 0 aliphatic carbocycles. The summed E-state index contributed by atoms with van der Waals surface area (Å²) < 4.78 is 0. The number of hydrogen-bond acceptors (Lipinski definition) is 3. The molecule has 3 rings (SSSR count). The van der Waals surface area contributed by atoms with Crippen LogP contribution >= 0.6 is 11.6 Å². The van der Waals surface area contributed by atoms with Crippen LogP contribution in [0.25, 0.3) is 22.4 Å². The van der Waals surface area contributed by atoms with Gasteiger partial charge in [0, 0.05) is 16.1 Å². The van der Waals surface area contributed by atoms with Gasteiger partial charge in [0.25, 0.3) is 0 Å². The van der Waals surface area contributed by atoms with Gasteiger partial charge in [0.1, 0.15) is 11.8 Å². The van der Waals surface area contributed by atoms with E-state index in [0.29, 0.717) is 10.7 Å². The summed E-state index contributed by atoms with van der Waals surface area (Å²) in [5, 5.41) is 20.0. The fourth-order valence-corrected chi connectivity index (χ4v) is 2.28. The van der Waals surface area contributed by atoms with Gasteiger partial charge in [0.05, 0.1) is 0 Å². The second-order valence-corrected chi connectivity index (χ2v) is 4.60. The second-order valence-electron chi connectivity index (χ2n) is 4.19. The van der Waals surface area contributed by atoms with E-state index in [9.17, 15) is 0 Å². The average Bonchev–Trinajstić information content (AvgIpc) is 2.96. The molecule has 4 nitrogen and oxygen atoms in total. The van der Waals surface area contributed by atoms with Crippen LogP contribution in [0.1, 0.15) is 5.69 Å². The van der Waals surface area contributed by atoms with Crippen molar-refractivity contribution >= 4 is 11.6 Å². The van der Waals surface area contributed by atoms with Crippen LogP contribution in [0.2, 0.25) is 5.02 Å². The zero-order valence-corrected chi connectivity index (χ0v) is 11.1. The van der Waals surface area contributed by atoms with E-state index in [1.165, 1.54) is 0 Å². The van der Waals surface area contributed by atoms with E-state index in [2.05, 4.69) is 15.4 Å². The van der Waals surface area contributed by atoms with Crippen molar-refractivity contribution in [2.75, 3.05) is 0 Å². The number of halogens is 1. The lowest BCUT2D eigenvalue weighted by Crippen LogP contribution is -1.85. The third-order valence-corrected chi connectivity index (χ3v) is 3.30. The summed E-state index contributed by atoms with van der Waals surface area (Å²) in [6.45, 7) is 0. The van der Waals surface area contributed by atoms with Gasteiger partial charge in [-0.1, -0.05) is 48.0 Å². The number of rotatable bonds is 2. The van der Waals surface area contributed by atoms with Crippen LogP contribution in [-0.2, 0) is 0 Å². The Kier molecular flexibility index (Phi) is 3.20. The van der Waals surface area contributed by atoms with Gasteiger partial charge >= 0.3 is 0 Å². The molecule has 0 fully saturated rings. The fourth-order valence-electron chi connectivity index (χ4n) is 2.04. The van der Waals surface area contributed by atoms with Crippen molar-refractivity contribution < 1.29 is 0 Å². The SMILES string of the molecule is N#Cc1n[nH]nc1-c1cccc(-c2ccccc2Cl)c1. The molecule has 3 aromatic rings. The van der Waals surface area contributed by atoms with Crippen molar-refractivity contribution in [2.45, 2.75) is 0 Å². The number of nitriles is 1. The summed E-state index contributed by atoms with van der Waals surface area (Å²) in [5.74, 6) is 0. The molecule has 20 heavy (non-hydrogen) atoms. The van der Waals surface area contributed by atoms with Gasteiger partial charge in [0.2, 0.25) is 0 Å². The lowest BCUT2D eigenvalue weighted by molar-refractivity contribution is 0.937. The van der Waals surface area contributed by atoms with Crippen molar-refractivity contribution in [3.8, 4) is 28.5 Å². The van der Waals surface area contributed by atoms with Gasteiger partial charge in [-0.05, 0) is 17.7 Å². The number of aromatic amines is 1. The van der Waals surface area contributed by atoms with Gasteiger partial charge in [-0.25, -0.2) is 0 Å². The van der Waals surface area contributed by atoms with E-state index >= 15 is 0 Å². The van der Waals surface area contributed by atoms with Gasteiger partial charge in [-0.2, -0.15) is 15.6 Å². The highest BCUT2D eigenvalue weighted by Crippen LogP contribution is 2.30. The van der Waals surface area contributed by atoms with Crippen LogP contribution in [0.5, 0.6) is 0 Å². The van der Waals surface area contributed by atoms with Crippen molar-refractivity contribution in [3.05, 3.63) is 59.2 Å². The number of aromatic nitrogens is 3. The van der Waals surface area contributed by atoms with Crippen LogP contribution < -0.4 is 0 Å². The normalized spacial score (nSPS) is 10.2. The average molecular weight is 281 g/mol. The first-order chi connectivity index (χ1) is 9.79. The molecule has 0 saturated heterocycles. The molecule has 0 aliphatic rings. The van der Waals surface area contributed by atoms with E-state index < -0.39 is 0 Å². The smallest absolute Gasteiger partial charge is 0.190 e. The zero-order valence-electron chi connectivity index (χ0n) is 10.3. The van der Waals surface area contributed by atoms with Gasteiger partial charge < -0.3 is 0 Å². The Morgan fingerprint density at radius 1 is 1.00 bits per heavy atom. The molecule has 0 aliphatic heterocycles. The van der Waals surface area contributed by atoms with Crippen molar-refractivity contribution in [3.63, 3.8) is 0 Å². The molecule has 0 amide bonds. The number of benzene rings is 2. The maximum atomic E-state index is 9.01. The van der Waals surface area contributed by atoms with Crippen LogP contribution in [0, 0.1) is 11.3 Å². The van der Waals surface area contributed by atoms with E-state index in [1.807, 2.05) is 54.6 Å². The molecule has 0 bridgehead atoms. The molecule has 1 heterocycles. The predicted octanol–water partition coefficient (Wildman–Crippen LogP) is 3.66. The third kappa shape index (κ3) is 2.15. The van der Waals surface area contributed by atoms with Crippen LogP contribution in [0.4, 0.5) is 0 Å². The molecule has 2 aromatic carbocycles. The summed E-state index contributed by atoms with van der Waals surface area (Å²) in [6, 6.07) is 17.3. The summed E-state index contributed by atoms with van der Waals surface area (Å²) in [4.78, 5) is 0. The molecule has 96 valence electrons. The predicted molar refractivity (Wildman–Crippen MR) is 77.0 cm³/mol. The third-order valence-electron chi connectivity index (χ3n) is 2.97. The molecular weight excluding hydrogens is 272 g/mol. The van der Waals surface area contributed by atoms with Gasteiger partial charge in [-0.15, -0.1) is 5.10 Å². The fraction of sp³-hybridized carbons (Fsp3) is 0. The molecule has 1 aromatic heterocycles. The lowest BCUT2D eigenvalue weighted by Gasteiger charge is -2.06. The summed E-state index contributed by atoms with van der Waals surface area (Å²) in [7, 11) is 0. The van der Waals surface area contributed by atoms with Gasteiger partial charge in [0.15, 0.2) is 5.69 Å². The first-order valence-corrected chi connectivity index (χ1v) is 6.33. The molecule has 0 spiro atoms. The largest absolute Gasteiger partial charge is 0.196 e. The molecule has 0 atom stereocenters. The molecule has 0 saturated carbocycles. The Balaban J connectivity index is 2.12. The molecule has 1 N–H and O–H groups in total. The van der Waals surface area contributed by atoms with Crippen LogP contribution in [0.3, 0.4) is 0 Å². The van der Waals surface area contributed by atoms with E-state index in [4.69, 9.17) is 16.9 Å². The Bertz CT molecular complexity index is 784. The topological polar surface area (TPSA) is 65.4 Å². The Hall–Kier alpha value is -2.64. The molecule has 0 unspecified atom stereocenters. The van der Waals surface area contributed by atoms with E-state index in [1.54, 1.807) is 0 Å². The standard InChI is InChI=1S/C15H9ClN4/c16-13-7-2-1-6-12(13)10-4-3-5-11(8-10)15-14(9-17)18-20-19-15/h1-8H,(H,18,19,20). The van der Waals surface area contributed by atoms with Crippen molar-refractivity contribution in [2.24, 2.45) is 0 Å². The number of hydrogen-bond donors (Lipinski definition) is 1. The quantitative estimate of drug-likeness (QED) is 0.779. The molecular formula is C15H9ClN4. The van der Waals surface area contributed by atoms with Crippen LogP contribution in [0.15, 0.2) is 48.5 Å². The maximum absolute atomic E-state index is 9.01. The zero-order chi connectivity index (χ0) is 13.9. The van der Waals surface area contributed by atoms with Crippen LogP contribution in [-0.4, -0.2) is 15.4 Å². The molecule has 5 heteroatoms. The highest BCUT2D eigenvalue weighted by molar-refractivity contribution is 6.33. The summed E-state index contributed by atoms with van der Waals surface area (Å²) >= 11 is 6.21. The monoisotopic (exact) mass is 280 g/mol. The maximum Gasteiger partial charge on any atom is 0.190 e. The number of nitrogens with zero attached hydrogens (tertiary/aromatic N) is 3. The van der Waals surface area contributed by atoms with E-state index in [-0.39, 0.29) is 5.69 Å². The first kappa shape index (κ1) is 12.4. The minimum atomic E-state index is 0.279. The minimum Gasteiger partial charge on any atom is -0.196 e. The number of H-pyrrole nitrogens is 1. The molecule has 0 radical (unpaired) electrons. The Morgan fingerprint density at radius 3 is 2.60 bits per heavy atom. The number of nitrogens with one attached hydrogen (secondary N) is 1. The first-order valence-electron chi connectivity index (χ1n) is 5.96.